The molecule has 0 atom stereocenters. The molecule has 0 saturated carbocycles. The molecule has 0 radical (unpaired) electrons. The minimum Gasteiger partial charge on any atom is -0.494 e. The molecule has 2 aliphatic heterocycles. The molecule has 3 heterocycles. The van der Waals surface area contributed by atoms with Crippen LogP contribution in [0.4, 0.5) is 34.5 Å². The maximum Gasteiger partial charge on any atom is 0.232 e. The lowest BCUT2D eigenvalue weighted by Gasteiger charge is -2.34. The molecule has 0 spiro atoms. The van der Waals surface area contributed by atoms with Crippen molar-refractivity contribution in [3.63, 3.8) is 0 Å². The third-order valence-corrected chi connectivity index (χ3v) is 9.72. The molecule has 42 heavy (non-hydrogen) atoms. The van der Waals surface area contributed by atoms with Crippen LogP contribution in [0.25, 0.3) is 0 Å². The predicted molar refractivity (Wildman–Crippen MR) is 174 cm³/mol. The average Bonchev–Trinajstić information content (AvgIpc) is 3.44. The first-order valence-electron chi connectivity index (χ1n) is 13.8. The van der Waals surface area contributed by atoms with E-state index < -0.39 is 10.0 Å². The van der Waals surface area contributed by atoms with E-state index in [9.17, 15) is 8.42 Å². The van der Waals surface area contributed by atoms with Gasteiger partial charge in [-0.2, -0.15) is 4.98 Å². The molecule has 4 N–H and O–H groups in total. The van der Waals surface area contributed by atoms with Crippen LogP contribution >= 0.6 is 27.5 Å². The number of nitrogens with zero attached hydrogens (tertiary/aromatic N) is 4. The molecular weight excluding hydrogens is 644 g/mol. The molecule has 1 saturated heterocycles. The molecule has 5 rings (SSSR count). The first-order valence-corrected chi connectivity index (χ1v) is 16.9. The van der Waals surface area contributed by atoms with Gasteiger partial charge < -0.3 is 30.9 Å². The molecule has 0 aliphatic carbocycles. The Morgan fingerprint density at radius 1 is 1.10 bits per heavy atom. The van der Waals surface area contributed by atoms with Gasteiger partial charge in [0.05, 0.1) is 36.6 Å². The van der Waals surface area contributed by atoms with E-state index in [0.717, 1.165) is 54.7 Å². The van der Waals surface area contributed by atoms with Gasteiger partial charge in [0.2, 0.25) is 16.0 Å². The molecule has 1 aromatic heterocycles. The van der Waals surface area contributed by atoms with E-state index in [0.29, 0.717) is 58.6 Å². The van der Waals surface area contributed by atoms with Crippen LogP contribution in [-0.2, 0) is 16.4 Å². The number of hydrogen-bond acceptors (Lipinski definition) is 10. The summed E-state index contributed by atoms with van der Waals surface area (Å²) < 4.78 is 32.9. The Labute approximate surface area is 260 Å². The lowest BCUT2D eigenvalue weighted by Crippen LogP contribution is -2.44. The van der Waals surface area contributed by atoms with Crippen LogP contribution in [0.15, 0.2) is 41.0 Å². The van der Waals surface area contributed by atoms with Gasteiger partial charge in [-0.15, -0.1) is 0 Å². The largest absolute Gasteiger partial charge is 0.494 e. The summed E-state index contributed by atoms with van der Waals surface area (Å²) >= 11 is 10.0. The summed E-state index contributed by atoms with van der Waals surface area (Å²) in [5.41, 5.74) is 3.90. The van der Waals surface area contributed by atoms with Gasteiger partial charge in [-0.05, 0) is 56.1 Å². The van der Waals surface area contributed by atoms with Gasteiger partial charge in [0, 0.05) is 55.0 Å². The van der Waals surface area contributed by atoms with E-state index in [2.05, 4.69) is 58.1 Å². The van der Waals surface area contributed by atoms with Crippen molar-refractivity contribution in [2.45, 2.75) is 25.3 Å². The van der Waals surface area contributed by atoms with Crippen molar-refractivity contribution in [2.75, 3.05) is 73.0 Å². The maximum atomic E-state index is 12.5. The third kappa shape index (κ3) is 6.86. The zero-order valence-electron chi connectivity index (χ0n) is 23.9. The summed E-state index contributed by atoms with van der Waals surface area (Å²) in [4.78, 5) is 11.3. The number of sulfonamides is 1. The van der Waals surface area contributed by atoms with Crippen LogP contribution < -0.4 is 35.2 Å². The summed E-state index contributed by atoms with van der Waals surface area (Å²) in [7, 11) is 0.144. The summed E-state index contributed by atoms with van der Waals surface area (Å²) in [5.74, 6) is 1.33. The molecular formula is C28H36BrClN8O3S. The van der Waals surface area contributed by atoms with Crippen LogP contribution in [0.5, 0.6) is 5.75 Å². The Morgan fingerprint density at radius 3 is 2.57 bits per heavy atom. The monoisotopic (exact) mass is 678 g/mol. The second kappa shape index (κ2) is 13.2. The van der Waals surface area contributed by atoms with Gasteiger partial charge in [-0.1, -0.05) is 27.5 Å². The minimum atomic E-state index is -3.46. The normalized spacial score (nSPS) is 15.5. The Bertz CT molecular complexity index is 1540. The molecule has 1 fully saturated rings. The summed E-state index contributed by atoms with van der Waals surface area (Å²) in [6, 6.07) is 10.3. The highest BCUT2D eigenvalue weighted by atomic mass is 79.9. The molecule has 0 unspecified atom stereocenters. The number of anilines is 6. The minimum absolute atomic E-state index is 0.298. The van der Waals surface area contributed by atoms with Gasteiger partial charge in [0.1, 0.15) is 10.8 Å². The predicted octanol–water partition coefficient (Wildman–Crippen LogP) is 4.49. The highest BCUT2D eigenvalue weighted by Gasteiger charge is 2.31. The number of fused-ring (bicyclic) bond motifs is 1. The number of aromatic nitrogens is 2. The van der Waals surface area contributed by atoms with Crippen LogP contribution in [0.3, 0.4) is 0 Å². The first kappa shape index (κ1) is 30.6. The number of methoxy groups -OCH3 is 1. The second-order valence-corrected chi connectivity index (χ2v) is 13.5. The fourth-order valence-corrected chi connectivity index (χ4v) is 7.00. The quantitative estimate of drug-likeness (QED) is 0.216. The number of benzene rings is 2. The van der Waals surface area contributed by atoms with Crippen molar-refractivity contribution in [3.8, 4) is 5.75 Å². The van der Waals surface area contributed by atoms with Gasteiger partial charge in [0.25, 0.3) is 0 Å². The number of halogens is 2. The number of rotatable bonds is 11. The zero-order valence-corrected chi connectivity index (χ0v) is 27.0. The van der Waals surface area contributed by atoms with E-state index in [1.165, 1.54) is 16.8 Å². The molecule has 2 aliphatic rings. The summed E-state index contributed by atoms with van der Waals surface area (Å²) in [6.45, 7) is 4.26. The van der Waals surface area contributed by atoms with E-state index in [-0.39, 0.29) is 0 Å². The number of ether oxygens (including phenoxy) is 1. The topological polar surface area (TPSA) is 124 Å². The Balaban J connectivity index is 1.32. The Morgan fingerprint density at radius 2 is 1.86 bits per heavy atom. The Kier molecular flexibility index (Phi) is 9.63. The van der Waals surface area contributed by atoms with Crippen molar-refractivity contribution in [1.82, 2.24) is 20.6 Å². The molecule has 0 bridgehead atoms. The van der Waals surface area contributed by atoms with Crippen LogP contribution in [-0.4, -0.2) is 77.6 Å². The number of likely N-dealkylation sites (N-methyl/N-ethyl adjacent to an activating group) is 1. The summed E-state index contributed by atoms with van der Waals surface area (Å²) in [5, 5.41) is 13.6. The van der Waals surface area contributed by atoms with Crippen LogP contribution in [0, 0.1) is 0 Å². The smallest absolute Gasteiger partial charge is 0.232 e. The van der Waals surface area contributed by atoms with Gasteiger partial charge >= 0.3 is 0 Å². The fourth-order valence-electron chi connectivity index (χ4n) is 5.38. The molecule has 0 amide bonds. The molecule has 14 heteroatoms. The van der Waals surface area contributed by atoms with Crippen molar-refractivity contribution in [2.24, 2.45) is 0 Å². The van der Waals surface area contributed by atoms with Crippen molar-refractivity contribution >= 4 is 72.1 Å². The van der Waals surface area contributed by atoms with Crippen LogP contribution in [0.2, 0.25) is 5.02 Å². The number of piperidine rings is 1. The standard InChI is InChI=1S/C28H36BrClN8O3S/c1-31-11-12-32-18-8-13-37(14-9-18)19-4-6-23(25(16-19)41-2)35-28-33-17-22(30)27(36-28)34-24-7-5-21(29)20-10-15-38(26(20)24)42(3,39)40/h4-7,16-18,31-32H,8-15H2,1-3H3,(H2,33,34,35,36). The molecule has 3 aromatic rings. The van der Waals surface area contributed by atoms with Crippen LogP contribution in [0.1, 0.15) is 18.4 Å². The van der Waals surface area contributed by atoms with E-state index in [4.69, 9.17) is 16.3 Å². The lowest BCUT2D eigenvalue weighted by atomic mass is 10.0. The number of hydrogen-bond donors (Lipinski definition) is 4. The van der Waals surface area contributed by atoms with E-state index in [1.807, 2.05) is 25.2 Å². The first-order chi connectivity index (χ1) is 20.2. The average molecular weight is 680 g/mol. The zero-order chi connectivity index (χ0) is 29.9. The second-order valence-electron chi connectivity index (χ2n) is 10.4. The lowest BCUT2D eigenvalue weighted by molar-refractivity contribution is 0.410. The third-order valence-electron chi connectivity index (χ3n) is 7.54. The number of nitrogens with one attached hydrogen (secondary N) is 4. The highest BCUT2D eigenvalue weighted by molar-refractivity contribution is 9.10. The molecule has 11 nitrogen and oxygen atoms in total. The van der Waals surface area contributed by atoms with Crippen molar-refractivity contribution in [1.29, 1.82) is 0 Å². The van der Waals surface area contributed by atoms with Gasteiger partial charge in [-0.25, -0.2) is 13.4 Å². The van der Waals surface area contributed by atoms with Gasteiger partial charge in [-0.3, -0.25) is 4.31 Å². The Hall–Kier alpha value is -2.84. The van der Waals surface area contributed by atoms with Gasteiger partial charge in [0.15, 0.2) is 5.82 Å². The van der Waals surface area contributed by atoms with E-state index in [1.54, 1.807) is 13.2 Å². The highest BCUT2D eigenvalue weighted by Crippen LogP contribution is 2.43. The van der Waals surface area contributed by atoms with Crippen molar-refractivity contribution < 1.29 is 13.2 Å². The van der Waals surface area contributed by atoms with E-state index >= 15 is 0 Å². The van der Waals surface area contributed by atoms with Crippen molar-refractivity contribution in [3.05, 3.63) is 51.6 Å². The SMILES string of the molecule is CNCCNC1CCN(c2ccc(Nc3ncc(Cl)c(Nc4ccc(Br)c5c4N(S(C)(=O)=O)CC5)n3)c(OC)c2)CC1. The maximum absolute atomic E-state index is 12.5. The molecule has 2 aromatic carbocycles. The molecule has 226 valence electrons. The summed E-state index contributed by atoms with van der Waals surface area (Å²) in [6.07, 6.45) is 5.48. The fraction of sp³-hybridized carbons (Fsp3) is 0.429.